The Balaban J connectivity index is 1.89. The average molecular weight is 248 g/mol. The van der Waals surface area contributed by atoms with Crippen molar-refractivity contribution in [3.63, 3.8) is 0 Å². The van der Waals surface area contributed by atoms with E-state index in [1.807, 2.05) is 24.3 Å². The molecular weight excluding hydrogens is 228 g/mol. The minimum absolute atomic E-state index is 0.170. The van der Waals surface area contributed by atoms with Crippen LogP contribution in [0.15, 0.2) is 24.3 Å². The number of rotatable bonds is 6. The van der Waals surface area contributed by atoms with E-state index in [0.717, 1.165) is 25.2 Å². The summed E-state index contributed by atoms with van der Waals surface area (Å²) in [4.78, 5) is 10.5. The van der Waals surface area contributed by atoms with Crippen molar-refractivity contribution in [3.8, 4) is 5.75 Å². The lowest BCUT2D eigenvalue weighted by Crippen LogP contribution is -2.44. The molecule has 0 aromatic heterocycles. The van der Waals surface area contributed by atoms with Gasteiger partial charge in [0.25, 0.3) is 0 Å². The van der Waals surface area contributed by atoms with Crippen LogP contribution in [0.25, 0.3) is 0 Å². The Morgan fingerprint density at radius 2 is 2.06 bits per heavy atom. The van der Waals surface area contributed by atoms with Crippen LogP contribution in [-0.4, -0.2) is 26.1 Å². The second-order valence-corrected chi connectivity index (χ2v) is 5.46. The highest BCUT2D eigenvalue weighted by Crippen LogP contribution is 2.28. The van der Waals surface area contributed by atoms with Crippen molar-refractivity contribution < 1.29 is 14.3 Å². The number of aldehydes is 1. The lowest BCUT2D eigenvalue weighted by atomic mass is 9.90. The molecule has 2 rings (SSSR count). The number of carbonyl (C=O) groups is 1. The molecule has 0 bridgehead atoms. The third-order valence-electron chi connectivity index (χ3n) is 3.39. The van der Waals surface area contributed by atoms with Crippen LogP contribution in [0.4, 0.5) is 0 Å². The molecular formula is C15H20O3. The van der Waals surface area contributed by atoms with Crippen LogP contribution in [0, 0.1) is 5.41 Å². The number of carbonyl (C=O) groups excluding carboxylic acids is 1. The van der Waals surface area contributed by atoms with Gasteiger partial charge >= 0.3 is 0 Å². The van der Waals surface area contributed by atoms with Crippen LogP contribution in [0.1, 0.15) is 31.7 Å². The van der Waals surface area contributed by atoms with E-state index in [9.17, 15) is 4.79 Å². The zero-order chi connectivity index (χ0) is 13.0. The fourth-order valence-electron chi connectivity index (χ4n) is 1.96. The Hall–Kier alpha value is -1.35. The molecule has 0 N–H and O–H groups in total. The molecule has 0 radical (unpaired) electrons. The first-order valence-electron chi connectivity index (χ1n) is 6.37. The van der Waals surface area contributed by atoms with E-state index in [-0.39, 0.29) is 11.3 Å². The van der Waals surface area contributed by atoms with Crippen molar-refractivity contribution in [2.24, 2.45) is 5.41 Å². The van der Waals surface area contributed by atoms with E-state index in [1.165, 1.54) is 5.56 Å². The summed E-state index contributed by atoms with van der Waals surface area (Å²) >= 11 is 0. The van der Waals surface area contributed by atoms with Crippen LogP contribution < -0.4 is 4.74 Å². The maximum absolute atomic E-state index is 10.5. The van der Waals surface area contributed by atoms with Crippen molar-refractivity contribution in [3.05, 3.63) is 29.8 Å². The monoisotopic (exact) mass is 248 g/mol. The molecule has 1 aliphatic heterocycles. The van der Waals surface area contributed by atoms with Gasteiger partial charge in [-0.25, -0.2) is 0 Å². The lowest BCUT2D eigenvalue weighted by molar-refractivity contribution is -0.120. The zero-order valence-electron chi connectivity index (χ0n) is 11.0. The zero-order valence-corrected chi connectivity index (χ0v) is 11.0. The highest BCUT2D eigenvalue weighted by atomic mass is 16.5. The Morgan fingerprint density at radius 1 is 1.39 bits per heavy atom. The summed E-state index contributed by atoms with van der Waals surface area (Å²) in [5.41, 5.74) is 1.34. The fraction of sp³-hybridized carbons (Fsp3) is 0.533. The normalized spacial score (nSPS) is 18.8. The van der Waals surface area contributed by atoms with Gasteiger partial charge in [0.2, 0.25) is 0 Å². The van der Waals surface area contributed by atoms with Crippen LogP contribution in [0.5, 0.6) is 5.75 Å². The molecule has 1 aromatic carbocycles. The molecule has 18 heavy (non-hydrogen) atoms. The Bertz CT molecular complexity index is 393. The van der Waals surface area contributed by atoms with E-state index in [4.69, 9.17) is 9.47 Å². The van der Waals surface area contributed by atoms with Crippen LogP contribution >= 0.6 is 0 Å². The molecule has 3 heteroatoms. The van der Waals surface area contributed by atoms with Crippen molar-refractivity contribution in [2.75, 3.05) is 19.8 Å². The second-order valence-electron chi connectivity index (χ2n) is 5.46. The van der Waals surface area contributed by atoms with Crippen molar-refractivity contribution in [1.29, 1.82) is 0 Å². The van der Waals surface area contributed by atoms with Gasteiger partial charge in [-0.15, -0.1) is 0 Å². The molecule has 3 nitrogen and oxygen atoms in total. The van der Waals surface area contributed by atoms with Crippen molar-refractivity contribution in [2.45, 2.75) is 26.2 Å². The van der Waals surface area contributed by atoms with Gasteiger partial charge in [-0.2, -0.15) is 0 Å². The van der Waals surface area contributed by atoms with Crippen molar-refractivity contribution in [1.82, 2.24) is 0 Å². The van der Waals surface area contributed by atoms with Crippen LogP contribution in [-0.2, 0) is 9.53 Å². The number of ether oxygens (including phenoxy) is 2. The molecule has 1 aliphatic rings. The molecule has 1 saturated heterocycles. The Kier molecular flexibility index (Phi) is 4.02. The molecule has 98 valence electrons. The molecule has 1 fully saturated rings. The predicted molar refractivity (Wildman–Crippen MR) is 70.0 cm³/mol. The predicted octanol–water partition coefficient (Wildman–Crippen LogP) is 2.79. The Labute approximate surface area is 108 Å². The van der Waals surface area contributed by atoms with Gasteiger partial charge in [0.05, 0.1) is 19.8 Å². The average Bonchev–Trinajstić information content (AvgIpc) is 2.35. The third-order valence-corrected chi connectivity index (χ3v) is 3.39. The van der Waals surface area contributed by atoms with E-state index in [0.29, 0.717) is 13.0 Å². The van der Waals surface area contributed by atoms with E-state index in [2.05, 4.69) is 13.8 Å². The summed E-state index contributed by atoms with van der Waals surface area (Å²) in [7, 11) is 0. The molecule has 1 heterocycles. The maximum Gasteiger partial charge on any atom is 0.120 e. The topological polar surface area (TPSA) is 35.5 Å². The van der Waals surface area contributed by atoms with E-state index >= 15 is 0 Å². The number of benzene rings is 1. The van der Waals surface area contributed by atoms with Gasteiger partial charge in [-0.05, 0) is 23.6 Å². The highest BCUT2D eigenvalue weighted by molar-refractivity contribution is 5.51. The quantitative estimate of drug-likeness (QED) is 0.726. The SMILES string of the molecule is CC(CC=O)c1ccc(OCC2(C)COC2)cc1. The molecule has 0 amide bonds. The summed E-state index contributed by atoms with van der Waals surface area (Å²) in [5.74, 6) is 1.15. The van der Waals surface area contributed by atoms with E-state index in [1.54, 1.807) is 0 Å². The maximum atomic E-state index is 10.5. The summed E-state index contributed by atoms with van der Waals surface area (Å²) in [6, 6.07) is 8.01. The van der Waals surface area contributed by atoms with Gasteiger partial charge in [0, 0.05) is 11.8 Å². The van der Waals surface area contributed by atoms with Crippen molar-refractivity contribution >= 4 is 6.29 Å². The van der Waals surface area contributed by atoms with Gasteiger partial charge < -0.3 is 14.3 Å². The number of hydrogen-bond acceptors (Lipinski definition) is 3. The highest BCUT2D eigenvalue weighted by Gasteiger charge is 2.34. The molecule has 0 aliphatic carbocycles. The minimum Gasteiger partial charge on any atom is -0.493 e. The summed E-state index contributed by atoms with van der Waals surface area (Å²) < 4.78 is 10.9. The van der Waals surface area contributed by atoms with Gasteiger partial charge in [-0.1, -0.05) is 26.0 Å². The minimum atomic E-state index is 0.170. The summed E-state index contributed by atoms with van der Waals surface area (Å²) in [6.45, 7) is 6.47. The molecule has 1 atom stereocenters. The smallest absolute Gasteiger partial charge is 0.120 e. The van der Waals surface area contributed by atoms with E-state index < -0.39 is 0 Å². The first kappa shape index (κ1) is 13.1. The molecule has 1 aromatic rings. The first-order chi connectivity index (χ1) is 8.63. The number of hydrogen-bond donors (Lipinski definition) is 0. The molecule has 0 saturated carbocycles. The lowest BCUT2D eigenvalue weighted by Gasteiger charge is -2.37. The second kappa shape index (κ2) is 5.53. The molecule has 0 spiro atoms. The molecule has 1 unspecified atom stereocenters. The third kappa shape index (κ3) is 3.10. The Morgan fingerprint density at radius 3 is 2.56 bits per heavy atom. The fourth-order valence-corrected chi connectivity index (χ4v) is 1.96. The van der Waals surface area contributed by atoms with Gasteiger partial charge in [-0.3, -0.25) is 0 Å². The summed E-state index contributed by atoms with van der Waals surface area (Å²) in [5, 5.41) is 0. The summed E-state index contributed by atoms with van der Waals surface area (Å²) in [6.07, 6.45) is 1.53. The van der Waals surface area contributed by atoms with Crippen LogP contribution in [0.2, 0.25) is 0 Å². The van der Waals surface area contributed by atoms with Crippen LogP contribution in [0.3, 0.4) is 0 Å². The van der Waals surface area contributed by atoms with Gasteiger partial charge in [0.15, 0.2) is 0 Å². The van der Waals surface area contributed by atoms with Gasteiger partial charge in [0.1, 0.15) is 12.0 Å². The largest absolute Gasteiger partial charge is 0.493 e. The standard InChI is InChI=1S/C15H20O3/c1-12(7-8-16)13-3-5-14(6-4-13)18-11-15(2)9-17-10-15/h3-6,8,12H,7,9-11H2,1-2H3. The first-order valence-corrected chi connectivity index (χ1v) is 6.37.